The van der Waals surface area contributed by atoms with E-state index in [-0.39, 0.29) is 12.5 Å². The second kappa shape index (κ2) is 2.98. The fraction of sp³-hybridized carbons (Fsp3) is 0.900. The topological polar surface area (TPSA) is 40.5 Å². The Hall–Kier alpha value is -0.570. The summed E-state index contributed by atoms with van der Waals surface area (Å²) >= 11 is 0. The zero-order valence-electron chi connectivity index (χ0n) is 8.12. The molecular formula is C10H17NO2. The van der Waals surface area contributed by atoms with Crippen LogP contribution in [0, 0.1) is 11.3 Å². The molecule has 2 atom stereocenters. The van der Waals surface area contributed by atoms with E-state index in [2.05, 4.69) is 6.92 Å². The minimum atomic E-state index is -0.331. The van der Waals surface area contributed by atoms with Crippen molar-refractivity contribution >= 4 is 5.91 Å². The second-order valence-electron chi connectivity index (χ2n) is 4.68. The first-order valence-corrected chi connectivity index (χ1v) is 5.04. The summed E-state index contributed by atoms with van der Waals surface area (Å²) in [7, 11) is 0. The van der Waals surface area contributed by atoms with Crippen molar-refractivity contribution < 1.29 is 9.90 Å². The van der Waals surface area contributed by atoms with Crippen LogP contribution in [0.3, 0.4) is 0 Å². The van der Waals surface area contributed by atoms with Crippen LogP contribution in [0.1, 0.15) is 26.2 Å². The summed E-state index contributed by atoms with van der Waals surface area (Å²) in [5, 5.41) is 8.75. The molecule has 1 aliphatic carbocycles. The number of aliphatic hydroxyl groups excluding tert-OH is 1. The van der Waals surface area contributed by atoms with E-state index in [1.807, 2.05) is 4.90 Å². The fourth-order valence-electron chi connectivity index (χ4n) is 2.88. The lowest BCUT2D eigenvalue weighted by molar-refractivity contribution is -0.133. The molecule has 0 radical (unpaired) electrons. The third-order valence-corrected chi connectivity index (χ3v) is 3.77. The van der Waals surface area contributed by atoms with E-state index in [4.69, 9.17) is 5.11 Å². The highest BCUT2D eigenvalue weighted by Crippen LogP contribution is 2.48. The minimum absolute atomic E-state index is 0.101. The summed E-state index contributed by atoms with van der Waals surface area (Å²) in [6.45, 7) is 3.67. The van der Waals surface area contributed by atoms with Gasteiger partial charge in [0.2, 0.25) is 5.91 Å². The first kappa shape index (κ1) is 9.00. The number of hydrogen-bond donors (Lipinski definition) is 1. The van der Waals surface area contributed by atoms with Gasteiger partial charge in [0, 0.05) is 13.1 Å². The van der Waals surface area contributed by atoms with Crippen molar-refractivity contribution in [3.05, 3.63) is 0 Å². The Labute approximate surface area is 78.7 Å². The Morgan fingerprint density at radius 1 is 1.69 bits per heavy atom. The second-order valence-corrected chi connectivity index (χ2v) is 4.68. The molecule has 74 valence electrons. The zero-order chi connectivity index (χ0) is 9.47. The lowest BCUT2D eigenvalue weighted by Crippen LogP contribution is -2.33. The summed E-state index contributed by atoms with van der Waals surface area (Å²) in [4.78, 5) is 13.1. The molecule has 1 N–H and O–H groups in total. The normalized spacial score (nSPS) is 38.0. The molecule has 3 nitrogen and oxygen atoms in total. The van der Waals surface area contributed by atoms with Gasteiger partial charge >= 0.3 is 0 Å². The number of aliphatic hydroxyl groups is 1. The van der Waals surface area contributed by atoms with Gasteiger partial charge < -0.3 is 10.0 Å². The van der Waals surface area contributed by atoms with Gasteiger partial charge in [0.05, 0.1) is 0 Å². The van der Waals surface area contributed by atoms with Gasteiger partial charge in [-0.15, -0.1) is 0 Å². The van der Waals surface area contributed by atoms with Gasteiger partial charge in [-0.3, -0.25) is 4.79 Å². The maximum absolute atomic E-state index is 11.3. The summed E-state index contributed by atoms with van der Waals surface area (Å²) in [5.74, 6) is 0.582. The number of carbonyl (C=O) groups is 1. The van der Waals surface area contributed by atoms with Crippen molar-refractivity contribution in [1.29, 1.82) is 0 Å². The van der Waals surface area contributed by atoms with Gasteiger partial charge in [-0.2, -0.15) is 0 Å². The van der Waals surface area contributed by atoms with Crippen LogP contribution < -0.4 is 0 Å². The van der Waals surface area contributed by atoms with Gasteiger partial charge in [-0.25, -0.2) is 0 Å². The Balaban J connectivity index is 2.05. The highest BCUT2D eigenvalue weighted by atomic mass is 16.3. The van der Waals surface area contributed by atoms with Crippen LogP contribution in [-0.2, 0) is 4.79 Å². The third kappa shape index (κ3) is 1.35. The molecule has 0 aromatic carbocycles. The molecule has 0 aromatic rings. The Morgan fingerprint density at radius 3 is 3.08 bits per heavy atom. The number of likely N-dealkylation sites (tertiary alicyclic amines) is 1. The highest BCUT2D eigenvalue weighted by molar-refractivity contribution is 5.77. The van der Waals surface area contributed by atoms with E-state index in [1.165, 1.54) is 19.3 Å². The summed E-state index contributed by atoms with van der Waals surface area (Å²) in [5.41, 5.74) is 0.352. The van der Waals surface area contributed by atoms with E-state index in [0.717, 1.165) is 13.1 Å². The quantitative estimate of drug-likeness (QED) is 0.647. The van der Waals surface area contributed by atoms with Crippen molar-refractivity contribution in [2.24, 2.45) is 11.3 Å². The number of rotatable bonds is 1. The van der Waals surface area contributed by atoms with Gasteiger partial charge in [-0.05, 0) is 24.2 Å². The Morgan fingerprint density at radius 2 is 2.46 bits per heavy atom. The molecule has 2 aliphatic rings. The number of hydrogen-bond acceptors (Lipinski definition) is 2. The molecule has 1 amide bonds. The van der Waals surface area contributed by atoms with E-state index in [9.17, 15) is 4.79 Å². The lowest BCUT2D eigenvalue weighted by atomic mass is 9.83. The highest BCUT2D eigenvalue weighted by Gasteiger charge is 2.46. The van der Waals surface area contributed by atoms with Crippen molar-refractivity contribution in [1.82, 2.24) is 4.90 Å². The standard InChI is InChI=1S/C10H17NO2/c1-10-4-2-3-8(10)5-11(7-10)9(13)6-12/h8,12H,2-7H2,1H3/t8?,10-/m0/s1. The van der Waals surface area contributed by atoms with Crippen LogP contribution in [0.15, 0.2) is 0 Å². The number of fused-ring (bicyclic) bond motifs is 1. The fourth-order valence-corrected chi connectivity index (χ4v) is 2.88. The number of nitrogens with zero attached hydrogens (tertiary/aromatic N) is 1. The molecule has 1 saturated heterocycles. The van der Waals surface area contributed by atoms with Crippen molar-refractivity contribution in [2.45, 2.75) is 26.2 Å². The molecule has 0 spiro atoms. The molecule has 0 aromatic heterocycles. The summed E-state index contributed by atoms with van der Waals surface area (Å²) in [6, 6.07) is 0. The maximum atomic E-state index is 11.3. The van der Waals surface area contributed by atoms with Crippen molar-refractivity contribution in [2.75, 3.05) is 19.7 Å². The molecule has 2 rings (SSSR count). The molecule has 1 saturated carbocycles. The van der Waals surface area contributed by atoms with Crippen LogP contribution in [0.25, 0.3) is 0 Å². The smallest absolute Gasteiger partial charge is 0.248 e. The van der Waals surface area contributed by atoms with Crippen molar-refractivity contribution in [3.63, 3.8) is 0 Å². The first-order chi connectivity index (χ1) is 6.15. The maximum Gasteiger partial charge on any atom is 0.248 e. The molecule has 3 heteroatoms. The van der Waals surface area contributed by atoms with E-state index >= 15 is 0 Å². The number of carbonyl (C=O) groups excluding carboxylic acids is 1. The minimum Gasteiger partial charge on any atom is -0.387 e. The molecule has 0 bridgehead atoms. The predicted octanol–water partition coefficient (Wildman–Crippen LogP) is 0.627. The average Bonchev–Trinajstić information content (AvgIpc) is 2.57. The number of amides is 1. The van der Waals surface area contributed by atoms with Gasteiger partial charge in [0.1, 0.15) is 6.61 Å². The Bertz CT molecular complexity index is 229. The van der Waals surface area contributed by atoms with Gasteiger partial charge in [0.25, 0.3) is 0 Å². The lowest BCUT2D eigenvalue weighted by Gasteiger charge is -2.22. The summed E-state index contributed by atoms with van der Waals surface area (Å²) < 4.78 is 0. The van der Waals surface area contributed by atoms with Crippen LogP contribution in [0.2, 0.25) is 0 Å². The van der Waals surface area contributed by atoms with Crippen LogP contribution in [0.5, 0.6) is 0 Å². The molecule has 1 aliphatic heterocycles. The predicted molar refractivity (Wildman–Crippen MR) is 49.1 cm³/mol. The van der Waals surface area contributed by atoms with Gasteiger partial charge in [0.15, 0.2) is 0 Å². The van der Waals surface area contributed by atoms with Crippen LogP contribution in [-0.4, -0.2) is 35.6 Å². The Kier molecular flexibility index (Phi) is 2.06. The van der Waals surface area contributed by atoms with E-state index in [0.29, 0.717) is 11.3 Å². The van der Waals surface area contributed by atoms with E-state index < -0.39 is 0 Å². The first-order valence-electron chi connectivity index (χ1n) is 5.04. The average molecular weight is 183 g/mol. The molecule has 1 unspecified atom stereocenters. The SMILES string of the molecule is C[C@@]12CCCC1CN(C(=O)CO)C2. The van der Waals surface area contributed by atoms with Gasteiger partial charge in [-0.1, -0.05) is 13.3 Å². The van der Waals surface area contributed by atoms with Crippen molar-refractivity contribution in [3.8, 4) is 0 Å². The molecule has 1 heterocycles. The zero-order valence-corrected chi connectivity index (χ0v) is 8.12. The molecular weight excluding hydrogens is 166 g/mol. The summed E-state index contributed by atoms with van der Waals surface area (Å²) in [6.07, 6.45) is 3.81. The monoisotopic (exact) mass is 183 g/mol. The largest absolute Gasteiger partial charge is 0.387 e. The van der Waals surface area contributed by atoms with Crippen LogP contribution >= 0.6 is 0 Å². The molecule has 2 fully saturated rings. The molecule has 13 heavy (non-hydrogen) atoms. The van der Waals surface area contributed by atoms with E-state index in [1.54, 1.807) is 0 Å². The van der Waals surface area contributed by atoms with Crippen LogP contribution in [0.4, 0.5) is 0 Å². The third-order valence-electron chi connectivity index (χ3n) is 3.77.